The highest BCUT2D eigenvalue weighted by atomic mass is 19.1. The van der Waals surface area contributed by atoms with Crippen LogP contribution in [0.3, 0.4) is 0 Å². The summed E-state index contributed by atoms with van der Waals surface area (Å²) < 4.78 is 42.0. The summed E-state index contributed by atoms with van der Waals surface area (Å²) >= 11 is 0. The van der Waals surface area contributed by atoms with Crippen molar-refractivity contribution in [2.24, 2.45) is 0 Å². The summed E-state index contributed by atoms with van der Waals surface area (Å²) in [5.41, 5.74) is 1.02. The summed E-state index contributed by atoms with van der Waals surface area (Å²) in [5.74, 6) is -1.38. The van der Waals surface area contributed by atoms with Crippen LogP contribution in [0.4, 0.5) is 19.0 Å². The number of anilines is 1. The van der Waals surface area contributed by atoms with Gasteiger partial charge >= 0.3 is 0 Å². The molecule has 0 bridgehead atoms. The molecular formula is C20H13F3N4. The average Bonchev–Trinajstić information content (AvgIpc) is 2.67. The fourth-order valence-electron chi connectivity index (χ4n) is 2.88. The SMILES string of the molecule is CNc1nc(-c2cccnc2)nc2cc(F)c(-c3ccc(F)cc3F)cc12. The van der Waals surface area contributed by atoms with Gasteiger partial charge in [-0.25, -0.2) is 23.1 Å². The predicted octanol–water partition coefficient (Wildman–Crippen LogP) is 4.82. The molecule has 0 fully saturated rings. The van der Waals surface area contributed by atoms with E-state index in [0.717, 1.165) is 12.1 Å². The molecule has 2 heterocycles. The van der Waals surface area contributed by atoms with Gasteiger partial charge in [-0.05, 0) is 30.3 Å². The smallest absolute Gasteiger partial charge is 0.163 e. The summed E-state index contributed by atoms with van der Waals surface area (Å²) in [5, 5.41) is 3.47. The molecule has 7 heteroatoms. The van der Waals surface area contributed by atoms with Gasteiger partial charge in [0.05, 0.1) is 5.52 Å². The van der Waals surface area contributed by atoms with Crippen molar-refractivity contribution >= 4 is 16.7 Å². The molecule has 2 aromatic heterocycles. The molecule has 0 radical (unpaired) electrons. The number of nitrogens with one attached hydrogen (secondary N) is 1. The molecule has 2 aromatic carbocycles. The van der Waals surface area contributed by atoms with Crippen LogP contribution in [-0.4, -0.2) is 22.0 Å². The first kappa shape index (κ1) is 17.0. The number of aromatic nitrogens is 3. The third-order valence-electron chi connectivity index (χ3n) is 4.16. The molecular weight excluding hydrogens is 353 g/mol. The lowest BCUT2D eigenvalue weighted by Gasteiger charge is -2.11. The minimum atomic E-state index is -0.841. The van der Waals surface area contributed by atoms with E-state index in [1.165, 1.54) is 18.2 Å². The number of benzene rings is 2. The topological polar surface area (TPSA) is 50.7 Å². The summed E-state index contributed by atoms with van der Waals surface area (Å²) in [6.07, 6.45) is 3.24. The minimum absolute atomic E-state index is 0.00854. The van der Waals surface area contributed by atoms with Crippen molar-refractivity contribution in [1.82, 2.24) is 15.0 Å². The van der Waals surface area contributed by atoms with Crippen LogP contribution in [0.25, 0.3) is 33.4 Å². The lowest BCUT2D eigenvalue weighted by molar-refractivity contribution is 0.583. The second-order valence-electron chi connectivity index (χ2n) is 5.86. The zero-order valence-electron chi connectivity index (χ0n) is 14.2. The van der Waals surface area contributed by atoms with Crippen molar-refractivity contribution in [2.45, 2.75) is 0 Å². The van der Waals surface area contributed by atoms with Crippen molar-refractivity contribution in [2.75, 3.05) is 12.4 Å². The molecule has 134 valence electrons. The zero-order chi connectivity index (χ0) is 19.0. The fraction of sp³-hybridized carbons (Fsp3) is 0.0500. The normalized spacial score (nSPS) is 11.0. The largest absolute Gasteiger partial charge is 0.373 e. The average molecular weight is 366 g/mol. The van der Waals surface area contributed by atoms with Gasteiger partial charge in [0.1, 0.15) is 23.3 Å². The minimum Gasteiger partial charge on any atom is -0.373 e. The molecule has 0 saturated heterocycles. The van der Waals surface area contributed by atoms with Gasteiger partial charge in [-0.3, -0.25) is 4.98 Å². The second kappa shape index (κ2) is 6.68. The Morgan fingerprint density at radius 3 is 2.41 bits per heavy atom. The zero-order valence-corrected chi connectivity index (χ0v) is 14.2. The molecule has 0 spiro atoms. The van der Waals surface area contributed by atoms with Gasteiger partial charge in [-0.15, -0.1) is 0 Å². The molecule has 0 unspecified atom stereocenters. The Kier molecular flexibility index (Phi) is 4.19. The van der Waals surface area contributed by atoms with Crippen molar-refractivity contribution in [3.63, 3.8) is 0 Å². The number of fused-ring (bicyclic) bond motifs is 1. The maximum Gasteiger partial charge on any atom is 0.163 e. The van der Waals surface area contributed by atoms with E-state index in [9.17, 15) is 13.2 Å². The molecule has 0 aliphatic rings. The van der Waals surface area contributed by atoms with Crippen molar-refractivity contribution < 1.29 is 13.2 Å². The van der Waals surface area contributed by atoms with Gasteiger partial charge in [-0.2, -0.15) is 0 Å². The molecule has 4 rings (SSSR count). The van der Waals surface area contributed by atoms with Crippen LogP contribution < -0.4 is 5.32 Å². The van der Waals surface area contributed by atoms with E-state index in [0.29, 0.717) is 28.1 Å². The highest BCUT2D eigenvalue weighted by molar-refractivity contribution is 5.94. The molecule has 1 N–H and O–H groups in total. The molecule has 27 heavy (non-hydrogen) atoms. The second-order valence-corrected chi connectivity index (χ2v) is 5.86. The van der Waals surface area contributed by atoms with E-state index in [1.54, 1.807) is 31.6 Å². The number of halogens is 3. The number of rotatable bonds is 3. The molecule has 0 aliphatic heterocycles. The highest BCUT2D eigenvalue weighted by Gasteiger charge is 2.16. The molecule has 4 aromatic rings. The number of nitrogens with zero attached hydrogens (tertiary/aromatic N) is 3. The number of pyridine rings is 1. The Labute approximate surface area is 152 Å². The first-order valence-corrected chi connectivity index (χ1v) is 8.11. The highest BCUT2D eigenvalue weighted by Crippen LogP contribution is 2.33. The van der Waals surface area contributed by atoms with Crippen LogP contribution in [0.2, 0.25) is 0 Å². The maximum atomic E-state index is 14.7. The van der Waals surface area contributed by atoms with E-state index in [4.69, 9.17) is 0 Å². The van der Waals surface area contributed by atoms with Gasteiger partial charge in [-0.1, -0.05) is 0 Å². The van der Waals surface area contributed by atoms with Gasteiger partial charge in [0.15, 0.2) is 5.82 Å². The van der Waals surface area contributed by atoms with E-state index >= 15 is 0 Å². The van der Waals surface area contributed by atoms with E-state index in [1.807, 2.05) is 0 Å². The number of hydrogen-bond acceptors (Lipinski definition) is 4. The van der Waals surface area contributed by atoms with Crippen LogP contribution in [0, 0.1) is 17.5 Å². The van der Waals surface area contributed by atoms with Crippen molar-refractivity contribution in [3.05, 3.63) is 72.3 Å². The Morgan fingerprint density at radius 2 is 1.70 bits per heavy atom. The van der Waals surface area contributed by atoms with Gasteiger partial charge in [0.2, 0.25) is 0 Å². The van der Waals surface area contributed by atoms with Crippen LogP contribution in [0.5, 0.6) is 0 Å². The molecule has 0 aliphatic carbocycles. The first-order valence-electron chi connectivity index (χ1n) is 8.11. The molecule has 0 saturated carbocycles. The van der Waals surface area contributed by atoms with E-state index < -0.39 is 17.5 Å². The van der Waals surface area contributed by atoms with Crippen molar-refractivity contribution in [1.29, 1.82) is 0 Å². The summed E-state index contributed by atoms with van der Waals surface area (Å²) in [6.45, 7) is 0. The van der Waals surface area contributed by atoms with Gasteiger partial charge in [0.25, 0.3) is 0 Å². The summed E-state index contributed by atoms with van der Waals surface area (Å²) in [6, 6.07) is 9.24. The van der Waals surface area contributed by atoms with E-state index in [2.05, 4.69) is 20.3 Å². The Hall–Kier alpha value is -3.48. The summed E-state index contributed by atoms with van der Waals surface area (Å²) in [7, 11) is 1.68. The quantitative estimate of drug-likeness (QED) is 0.565. The number of hydrogen-bond donors (Lipinski definition) is 1. The van der Waals surface area contributed by atoms with Crippen LogP contribution >= 0.6 is 0 Å². The van der Waals surface area contributed by atoms with Crippen LogP contribution in [-0.2, 0) is 0 Å². The Balaban J connectivity index is 1.94. The lowest BCUT2D eigenvalue weighted by Crippen LogP contribution is -2.00. The maximum absolute atomic E-state index is 14.7. The fourth-order valence-corrected chi connectivity index (χ4v) is 2.88. The van der Waals surface area contributed by atoms with Gasteiger partial charge in [0, 0.05) is 53.7 Å². The third kappa shape index (κ3) is 3.08. The molecule has 0 amide bonds. The molecule has 4 nitrogen and oxygen atoms in total. The molecule has 0 atom stereocenters. The summed E-state index contributed by atoms with van der Waals surface area (Å²) in [4.78, 5) is 12.9. The predicted molar refractivity (Wildman–Crippen MR) is 97.6 cm³/mol. The van der Waals surface area contributed by atoms with Gasteiger partial charge < -0.3 is 5.32 Å². The first-order chi connectivity index (χ1) is 13.1. The van der Waals surface area contributed by atoms with Crippen molar-refractivity contribution in [3.8, 4) is 22.5 Å². The third-order valence-corrected chi connectivity index (χ3v) is 4.16. The standard InChI is InChI=1S/C20H13F3N4/c1-24-20-15-8-14(13-5-4-12(21)7-16(13)22)17(23)9-18(15)26-19(27-20)11-3-2-6-25-10-11/h2-10H,1H3,(H,24,26,27). The van der Waals surface area contributed by atoms with E-state index in [-0.39, 0.29) is 11.1 Å². The Bertz CT molecular complexity index is 1150. The lowest BCUT2D eigenvalue weighted by atomic mass is 10.0. The monoisotopic (exact) mass is 366 g/mol. The Morgan fingerprint density at radius 1 is 0.889 bits per heavy atom. The van der Waals surface area contributed by atoms with Crippen LogP contribution in [0.1, 0.15) is 0 Å². The van der Waals surface area contributed by atoms with Crippen LogP contribution in [0.15, 0.2) is 54.9 Å².